The van der Waals surface area contributed by atoms with Crippen LogP contribution in [0.2, 0.25) is 0 Å². The van der Waals surface area contributed by atoms with E-state index in [0.717, 1.165) is 0 Å². The molecule has 0 bridgehead atoms. The summed E-state index contributed by atoms with van der Waals surface area (Å²) in [7, 11) is 0. The number of alkyl halides is 6. The van der Waals surface area contributed by atoms with E-state index < -0.39 is 43.1 Å². The molecule has 0 aliphatic rings. The van der Waals surface area contributed by atoms with E-state index in [1.165, 1.54) is 6.92 Å². The van der Waals surface area contributed by atoms with Crippen molar-refractivity contribution in [1.82, 2.24) is 0 Å². The molecule has 0 aliphatic heterocycles. The maximum absolute atomic E-state index is 12.5. The predicted octanol–water partition coefficient (Wildman–Crippen LogP) is 2.26. The quantitative estimate of drug-likeness (QED) is 0.621. The van der Waals surface area contributed by atoms with Gasteiger partial charge in [-0.3, -0.25) is 4.79 Å². The van der Waals surface area contributed by atoms with Crippen molar-refractivity contribution >= 4 is 5.97 Å². The van der Waals surface area contributed by atoms with Crippen molar-refractivity contribution < 1.29 is 35.9 Å². The molecule has 0 aromatic rings. The van der Waals surface area contributed by atoms with Crippen LogP contribution in [-0.2, 0) is 9.53 Å². The normalized spacial score (nSPS) is 16.2. The first kappa shape index (κ1) is 17.0. The fourth-order valence-corrected chi connectivity index (χ4v) is 1.25. The standard InChI is InChI=1S/C9H13F6NO2/c1-2-18-7(17)6(9(13,14)15)3-5(4-16)8(10,11)12/h5-6H,2-4,16H2,1H3. The number of carbonyl (C=O) groups is 1. The molecule has 2 atom stereocenters. The Morgan fingerprint density at radius 1 is 1.17 bits per heavy atom. The SMILES string of the molecule is CCOC(=O)C(CC(CN)C(F)(F)F)C(F)(F)F. The first-order chi connectivity index (χ1) is 8.04. The van der Waals surface area contributed by atoms with E-state index in [2.05, 4.69) is 4.74 Å². The van der Waals surface area contributed by atoms with E-state index in [0.29, 0.717) is 0 Å². The molecule has 3 nitrogen and oxygen atoms in total. The van der Waals surface area contributed by atoms with Crippen LogP contribution in [0.15, 0.2) is 0 Å². The van der Waals surface area contributed by atoms with Gasteiger partial charge in [0.15, 0.2) is 5.92 Å². The molecule has 108 valence electrons. The van der Waals surface area contributed by atoms with E-state index in [1.54, 1.807) is 0 Å². The Labute approximate surface area is 99.3 Å². The molecule has 0 aliphatic carbocycles. The van der Waals surface area contributed by atoms with Gasteiger partial charge in [-0.1, -0.05) is 0 Å². The molecular weight excluding hydrogens is 268 g/mol. The van der Waals surface area contributed by atoms with Crippen molar-refractivity contribution in [3.8, 4) is 0 Å². The Bertz CT molecular complexity index is 275. The van der Waals surface area contributed by atoms with Crippen molar-refractivity contribution in [2.45, 2.75) is 25.7 Å². The molecule has 2 unspecified atom stereocenters. The first-order valence-electron chi connectivity index (χ1n) is 5.04. The van der Waals surface area contributed by atoms with Crippen molar-refractivity contribution in [2.75, 3.05) is 13.2 Å². The van der Waals surface area contributed by atoms with Crippen LogP contribution < -0.4 is 5.73 Å². The molecule has 0 spiro atoms. The number of ether oxygens (including phenoxy) is 1. The zero-order chi connectivity index (χ0) is 14.6. The lowest BCUT2D eigenvalue weighted by atomic mass is 9.93. The highest BCUT2D eigenvalue weighted by atomic mass is 19.4. The summed E-state index contributed by atoms with van der Waals surface area (Å²) < 4.78 is 78.5. The van der Waals surface area contributed by atoms with Gasteiger partial charge in [0.25, 0.3) is 0 Å². The molecule has 0 aromatic heterocycles. The number of rotatable bonds is 5. The van der Waals surface area contributed by atoms with Crippen LogP contribution in [0.4, 0.5) is 26.3 Å². The third-order valence-electron chi connectivity index (χ3n) is 2.23. The topological polar surface area (TPSA) is 52.3 Å². The molecule has 9 heteroatoms. The molecule has 2 N–H and O–H groups in total. The maximum Gasteiger partial charge on any atom is 0.402 e. The summed E-state index contributed by atoms with van der Waals surface area (Å²) in [6.45, 7) is -0.101. The fraction of sp³-hybridized carbons (Fsp3) is 0.889. The minimum Gasteiger partial charge on any atom is -0.466 e. The Hall–Kier alpha value is -0.990. The van der Waals surface area contributed by atoms with Crippen molar-refractivity contribution in [3.05, 3.63) is 0 Å². The average molecular weight is 281 g/mol. The Kier molecular flexibility index (Phi) is 5.91. The van der Waals surface area contributed by atoms with Crippen molar-refractivity contribution in [2.24, 2.45) is 17.6 Å². The molecule has 0 saturated carbocycles. The molecule has 0 aromatic carbocycles. The Balaban J connectivity index is 4.95. The van der Waals surface area contributed by atoms with E-state index in [4.69, 9.17) is 5.73 Å². The van der Waals surface area contributed by atoms with Gasteiger partial charge in [-0.05, 0) is 13.3 Å². The smallest absolute Gasteiger partial charge is 0.402 e. The van der Waals surface area contributed by atoms with E-state index >= 15 is 0 Å². The summed E-state index contributed by atoms with van der Waals surface area (Å²) >= 11 is 0. The molecule has 18 heavy (non-hydrogen) atoms. The lowest BCUT2D eigenvalue weighted by molar-refractivity contribution is -0.216. The third kappa shape index (κ3) is 5.11. The van der Waals surface area contributed by atoms with Crippen LogP contribution in [0.5, 0.6) is 0 Å². The van der Waals surface area contributed by atoms with Gasteiger partial charge in [0.2, 0.25) is 0 Å². The van der Waals surface area contributed by atoms with Gasteiger partial charge in [0.1, 0.15) is 0 Å². The zero-order valence-electron chi connectivity index (χ0n) is 9.44. The van der Waals surface area contributed by atoms with Crippen LogP contribution in [0.1, 0.15) is 13.3 Å². The minimum absolute atomic E-state index is 0.343. The van der Waals surface area contributed by atoms with E-state index in [-0.39, 0.29) is 6.61 Å². The molecular formula is C9H13F6NO2. The predicted molar refractivity (Wildman–Crippen MR) is 49.4 cm³/mol. The lowest BCUT2D eigenvalue weighted by Crippen LogP contribution is -2.39. The van der Waals surface area contributed by atoms with Gasteiger partial charge in [0, 0.05) is 6.54 Å². The number of hydrogen-bond acceptors (Lipinski definition) is 3. The number of esters is 1. The molecule has 0 radical (unpaired) electrons. The molecule has 0 amide bonds. The number of halogens is 6. The lowest BCUT2D eigenvalue weighted by Gasteiger charge is -2.24. The second kappa shape index (κ2) is 6.26. The fourth-order valence-electron chi connectivity index (χ4n) is 1.25. The molecule has 0 saturated heterocycles. The largest absolute Gasteiger partial charge is 0.466 e. The highest BCUT2D eigenvalue weighted by Gasteiger charge is 2.51. The Morgan fingerprint density at radius 2 is 1.67 bits per heavy atom. The molecule has 0 fully saturated rings. The average Bonchev–Trinajstić information content (AvgIpc) is 2.14. The Morgan fingerprint density at radius 3 is 1.94 bits per heavy atom. The third-order valence-corrected chi connectivity index (χ3v) is 2.23. The van der Waals surface area contributed by atoms with Gasteiger partial charge >= 0.3 is 18.3 Å². The van der Waals surface area contributed by atoms with Crippen LogP contribution in [0.25, 0.3) is 0 Å². The van der Waals surface area contributed by atoms with Crippen LogP contribution in [0, 0.1) is 11.8 Å². The van der Waals surface area contributed by atoms with Gasteiger partial charge in [-0.15, -0.1) is 0 Å². The van der Waals surface area contributed by atoms with Gasteiger partial charge in [-0.25, -0.2) is 0 Å². The van der Waals surface area contributed by atoms with Gasteiger partial charge in [-0.2, -0.15) is 26.3 Å². The van der Waals surface area contributed by atoms with Gasteiger partial charge < -0.3 is 10.5 Å². The summed E-state index contributed by atoms with van der Waals surface area (Å²) in [4.78, 5) is 11.0. The van der Waals surface area contributed by atoms with E-state index in [1.807, 2.05) is 0 Å². The number of hydrogen-bond donors (Lipinski definition) is 1. The number of carbonyl (C=O) groups excluding carboxylic acids is 1. The molecule has 0 heterocycles. The summed E-state index contributed by atoms with van der Waals surface area (Å²) in [5, 5.41) is 0. The first-order valence-corrected chi connectivity index (χ1v) is 5.04. The zero-order valence-corrected chi connectivity index (χ0v) is 9.44. The second-order valence-corrected chi connectivity index (χ2v) is 3.56. The van der Waals surface area contributed by atoms with Gasteiger partial charge in [0.05, 0.1) is 12.5 Å². The monoisotopic (exact) mass is 281 g/mol. The van der Waals surface area contributed by atoms with Crippen LogP contribution in [-0.4, -0.2) is 31.5 Å². The van der Waals surface area contributed by atoms with Crippen molar-refractivity contribution in [3.63, 3.8) is 0 Å². The van der Waals surface area contributed by atoms with Crippen molar-refractivity contribution in [1.29, 1.82) is 0 Å². The number of nitrogens with two attached hydrogens (primary N) is 1. The summed E-state index contributed by atoms with van der Waals surface area (Å²) in [5.41, 5.74) is 4.79. The van der Waals surface area contributed by atoms with Crippen LogP contribution >= 0.6 is 0 Å². The van der Waals surface area contributed by atoms with E-state index in [9.17, 15) is 31.1 Å². The maximum atomic E-state index is 12.5. The summed E-state index contributed by atoms with van der Waals surface area (Å²) in [6.07, 6.45) is -11.4. The second-order valence-electron chi connectivity index (χ2n) is 3.56. The summed E-state index contributed by atoms with van der Waals surface area (Å²) in [5.74, 6) is -6.92. The minimum atomic E-state index is -5.09. The van der Waals surface area contributed by atoms with Crippen LogP contribution in [0.3, 0.4) is 0 Å². The summed E-state index contributed by atoms with van der Waals surface area (Å²) in [6, 6.07) is 0. The molecule has 0 rings (SSSR count). The highest BCUT2D eigenvalue weighted by Crippen LogP contribution is 2.37. The highest BCUT2D eigenvalue weighted by molar-refractivity contribution is 5.73.